The van der Waals surface area contributed by atoms with Crippen LogP contribution >= 0.6 is 0 Å². The van der Waals surface area contributed by atoms with Crippen molar-refractivity contribution in [1.29, 1.82) is 0 Å². The first-order valence-corrected chi connectivity index (χ1v) is 8.64. The number of carbonyl (C=O) groups excluding carboxylic acids is 1. The summed E-state index contributed by atoms with van der Waals surface area (Å²) < 4.78 is 46.0. The Bertz CT molecular complexity index is 1040. The van der Waals surface area contributed by atoms with E-state index in [1.807, 2.05) is 30.3 Å². The summed E-state index contributed by atoms with van der Waals surface area (Å²) in [4.78, 5) is 16.2. The zero-order valence-electron chi connectivity index (χ0n) is 14.6. The summed E-state index contributed by atoms with van der Waals surface area (Å²) in [6.45, 7) is 0.0989. The SMILES string of the molecule is O=C(NCC1Cc2cccc(-c3ccncc3)c2O1)c1cc(F)c(F)cc1F. The van der Waals surface area contributed by atoms with Crippen molar-refractivity contribution in [3.8, 4) is 16.9 Å². The smallest absolute Gasteiger partial charge is 0.254 e. The van der Waals surface area contributed by atoms with Gasteiger partial charge in [-0.2, -0.15) is 0 Å². The van der Waals surface area contributed by atoms with Gasteiger partial charge in [0.2, 0.25) is 0 Å². The van der Waals surface area contributed by atoms with Crippen LogP contribution in [-0.2, 0) is 6.42 Å². The van der Waals surface area contributed by atoms with E-state index < -0.39 is 28.9 Å². The Labute approximate surface area is 159 Å². The van der Waals surface area contributed by atoms with Crippen molar-refractivity contribution in [1.82, 2.24) is 10.3 Å². The Morgan fingerprint density at radius 1 is 1.07 bits per heavy atom. The molecule has 1 aliphatic heterocycles. The van der Waals surface area contributed by atoms with Crippen molar-refractivity contribution in [3.05, 3.63) is 83.4 Å². The van der Waals surface area contributed by atoms with Crippen LogP contribution in [0.15, 0.2) is 54.9 Å². The fourth-order valence-electron chi connectivity index (χ4n) is 3.21. The third kappa shape index (κ3) is 3.43. The van der Waals surface area contributed by atoms with E-state index in [4.69, 9.17) is 4.74 Å². The Balaban J connectivity index is 1.46. The average molecular weight is 384 g/mol. The molecule has 3 aromatic rings. The number of amides is 1. The van der Waals surface area contributed by atoms with Gasteiger partial charge in [0.1, 0.15) is 17.7 Å². The molecule has 1 unspecified atom stereocenters. The molecule has 1 atom stereocenters. The summed E-state index contributed by atoms with van der Waals surface area (Å²) in [7, 11) is 0. The fraction of sp³-hybridized carbons (Fsp3) is 0.143. The van der Waals surface area contributed by atoms with Crippen molar-refractivity contribution in [2.45, 2.75) is 12.5 Å². The molecule has 0 radical (unpaired) electrons. The summed E-state index contributed by atoms with van der Waals surface area (Å²) in [5.74, 6) is -3.84. The van der Waals surface area contributed by atoms with Crippen LogP contribution in [0.1, 0.15) is 15.9 Å². The molecular weight excluding hydrogens is 369 g/mol. The Morgan fingerprint density at radius 3 is 2.61 bits per heavy atom. The second kappa shape index (κ2) is 7.34. The minimum atomic E-state index is -1.34. The number of fused-ring (bicyclic) bond motifs is 1. The van der Waals surface area contributed by atoms with E-state index in [-0.39, 0.29) is 12.6 Å². The number of carbonyl (C=O) groups is 1. The molecule has 1 amide bonds. The van der Waals surface area contributed by atoms with E-state index >= 15 is 0 Å². The molecule has 142 valence electrons. The van der Waals surface area contributed by atoms with Crippen molar-refractivity contribution < 1.29 is 22.7 Å². The highest BCUT2D eigenvalue weighted by Crippen LogP contribution is 2.38. The van der Waals surface area contributed by atoms with Gasteiger partial charge >= 0.3 is 0 Å². The van der Waals surface area contributed by atoms with Crippen molar-refractivity contribution in [3.63, 3.8) is 0 Å². The van der Waals surface area contributed by atoms with Crippen LogP contribution in [0.5, 0.6) is 5.75 Å². The average Bonchev–Trinajstić information content (AvgIpc) is 3.12. The van der Waals surface area contributed by atoms with Crippen LogP contribution in [0, 0.1) is 17.5 Å². The van der Waals surface area contributed by atoms with E-state index in [1.54, 1.807) is 12.4 Å². The third-order valence-electron chi connectivity index (χ3n) is 4.56. The van der Waals surface area contributed by atoms with Gasteiger partial charge in [-0.05, 0) is 29.3 Å². The number of para-hydroxylation sites is 1. The number of nitrogens with one attached hydrogen (secondary N) is 1. The number of hydrogen-bond acceptors (Lipinski definition) is 3. The number of pyridine rings is 1. The first kappa shape index (κ1) is 18.0. The van der Waals surface area contributed by atoms with Gasteiger partial charge in [0.05, 0.1) is 12.1 Å². The van der Waals surface area contributed by atoms with Crippen LogP contribution < -0.4 is 10.1 Å². The topological polar surface area (TPSA) is 51.2 Å². The molecule has 1 N–H and O–H groups in total. The largest absolute Gasteiger partial charge is 0.487 e. The zero-order chi connectivity index (χ0) is 19.7. The summed E-state index contributed by atoms with van der Waals surface area (Å²) in [5, 5.41) is 2.52. The molecule has 4 rings (SSSR count). The second-order valence-electron chi connectivity index (χ2n) is 6.43. The zero-order valence-corrected chi connectivity index (χ0v) is 14.6. The number of hydrogen-bond donors (Lipinski definition) is 1. The molecule has 1 aliphatic rings. The number of nitrogens with zero attached hydrogens (tertiary/aromatic N) is 1. The van der Waals surface area contributed by atoms with Gasteiger partial charge in [0.25, 0.3) is 5.91 Å². The van der Waals surface area contributed by atoms with Gasteiger partial charge < -0.3 is 10.1 Å². The lowest BCUT2D eigenvalue weighted by Gasteiger charge is -2.14. The molecule has 0 saturated heterocycles. The number of benzene rings is 2. The lowest BCUT2D eigenvalue weighted by Crippen LogP contribution is -2.35. The van der Waals surface area contributed by atoms with Gasteiger partial charge in [-0.25, -0.2) is 13.2 Å². The normalized spacial score (nSPS) is 15.0. The molecule has 0 fully saturated rings. The minimum absolute atomic E-state index is 0.0989. The Kier molecular flexibility index (Phi) is 4.73. The van der Waals surface area contributed by atoms with Gasteiger partial charge in [-0.15, -0.1) is 0 Å². The van der Waals surface area contributed by atoms with Crippen molar-refractivity contribution in [2.75, 3.05) is 6.54 Å². The number of ether oxygens (including phenoxy) is 1. The van der Waals surface area contributed by atoms with Crippen LogP contribution in [0.4, 0.5) is 13.2 Å². The van der Waals surface area contributed by atoms with Crippen LogP contribution in [0.2, 0.25) is 0 Å². The lowest BCUT2D eigenvalue weighted by molar-refractivity contribution is 0.0929. The standard InChI is InChI=1S/C21H15F3N2O2/c22-17-10-19(24)18(23)9-16(17)21(27)26-11-14-8-13-2-1-3-15(20(13)28-14)12-4-6-25-7-5-12/h1-7,9-10,14H,8,11H2,(H,26,27). The number of aromatic nitrogens is 1. The molecule has 0 bridgehead atoms. The van der Waals surface area contributed by atoms with Crippen molar-refractivity contribution in [2.24, 2.45) is 0 Å². The summed E-state index contributed by atoms with van der Waals surface area (Å²) >= 11 is 0. The predicted molar refractivity (Wildman–Crippen MR) is 96.4 cm³/mol. The minimum Gasteiger partial charge on any atom is -0.487 e. The molecule has 2 heterocycles. The molecule has 2 aromatic carbocycles. The first-order chi connectivity index (χ1) is 13.5. The fourth-order valence-corrected chi connectivity index (χ4v) is 3.21. The van der Waals surface area contributed by atoms with Crippen molar-refractivity contribution >= 4 is 5.91 Å². The van der Waals surface area contributed by atoms with E-state index in [2.05, 4.69) is 10.3 Å². The van der Waals surface area contributed by atoms with E-state index in [0.29, 0.717) is 18.6 Å². The Morgan fingerprint density at radius 2 is 1.82 bits per heavy atom. The van der Waals surface area contributed by atoms with Gasteiger partial charge in [0, 0.05) is 30.4 Å². The first-order valence-electron chi connectivity index (χ1n) is 8.64. The molecular formula is C21H15F3N2O2. The Hall–Kier alpha value is -3.35. The molecule has 0 spiro atoms. The van der Waals surface area contributed by atoms with E-state index in [0.717, 1.165) is 22.4 Å². The summed E-state index contributed by atoms with van der Waals surface area (Å²) in [5.41, 5.74) is 2.32. The molecule has 7 heteroatoms. The summed E-state index contributed by atoms with van der Waals surface area (Å²) in [6, 6.07) is 10.5. The molecule has 0 saturated carbocycles. The maximum atomic E-state index is 13.7. The summed E-state index contributed by atoms with van der Waals surface area (Å²) in [6.07, 6.45) is 3.60. The highest BCUT2D eigenvalue weighted by Gasteiger charge is 2.26. The van der Waals surface area contributed by atoms with Gasteiger partial charge in [-0.3, -0.25) is 9.78 Å². The number of rotatable bonds is 4. The maximum absolute atomic E-state index is 13.7. The predicted octanol–water partition coefficient (Wildman–Crippen LogP) is 3.90. The van der Waals surface area contributed by atoms with Gasteiger partial charge in [0.15, 0.2) is 11.6 Å². The highest BCUT2D eigenvalue weighted by molar-refractivity contribution is 5.94. The quantitative estimate of drug-likeness (QED) is 0.694. The third-order valence-corrected chi connectivity index (χ3v) is 4.56. The van der Waals surface area contributed by atoms with Crippen LogP contribution in [0.3, 0.4) is 0 Å². The van der Waals surface area contributed by atoms with Crippen LogP contribution in [-0.4, -0.2) is 23.5 Å². The molecule has 28 heavy (non-hydrogen) atoms. The van der Waals surface area contributed by atoms with E-state index in [9.17, 15) is 18.0 Å². The highest BCUT2D eigenvalue weighted by atomic mass is 19.2. The van der Waals surface area contributed by atoms with Crippen LogP contribution in [0.25, 0.3) is 11.1 Å². The molecule has 4 nitrogen and oxygen atoms in total. The maximum Gasteiger partial charge on any atom is 0.254 e. The second-order valence-corrected chi connectivity index (χ2v) is 6.43. The van der Waals surface area contributed by atoms with E-state index in [1.165, 1.54) is 0 Å². The molecule has 0 aliphatic carbocycles. The van der Waals surface area contributed by atoms with Gasteiger partial charge in [-0.1, -0.05) is 18.2 Å². The lowest BCUT2D eigenvalue weighted by atomic mass is 10.0. The number of halogens is 3. The molecule has 1 aromatic heterocycles. The monoisotopic (exact) mass is 384 g/mol.